The Balaban J connectivity index is 2.11. The molecule has 0 aliphatic rings. The van der Waals surface area contributed by atoms with Gasteiger partial charge in [0.15, 0.2) is 0 Å². The molecule has 0 heterocycles. The van der Waals surface area contributed by atoms with Crippen molar-refractivity contribution in [3.05, 3.63) is 64.1 Å². The number of nitrogens with one attached hydrogen (secondary N) is 1. The second-order valence-electron chi connectivity index (χ2n) is 5.12. The van der Waals surface area contributed by atoms with Crippen LogP contribution in [-0.4, -0.2) is 14.5 Å². The maximum absolute atomic E-state index is 12.4. The van der Waals surface area contributed by atoms with Crippen LogP contribution in [0.2, 0.25) is 0 Å². The van der Waals surface area contributed by atoms with E-state index in [0.717, 1.165) is 15.6 Å². The Labute approximate surface area is 134 Å². The van der Waals surface area contributed by atoms with Crippen LogP contribution < -0.4 is 4.72 Å². The molecule has 2 rings (SSSR count). The molecule has 112 valence electrons. The third-order valence-corrected chi connectivity index (χ3v) is 5.66. The molecule has 5 heteroatoms. The lowest BCUT2D eigenvalue weighted by Crippen LogP contribution is -2.34. The van der Waals surface area contributed by atoms with E-state index in [1.54, 1.807) is 18.2 Å². The standard InChI is InChI=1S/C16H18BrNO2S/c1-12-10-15(8-9-16(12)17)21(19,20)18-13(2)11-14-6-4-3-5-7-14/h3-10,13,18H,11H2,1-2H3. The topological polar surface area (TPSA) is 46.2 Å². The van der Waals surface area contributed by atoms with E-state index in [9.17, 15) is 8.42 Å². The van der Waals surface area contributed by atoms with E-state index in [0.29, 0.717) is 11.3 Å². The Morgan fingerprint density at radius 3 is 2.43 bits per heavy atom. The van der Waals surface area contributed by atoms with E-state index in [4.69, 9.17) is 0 Å². The van der Waals surface area contributed by atoms with Gasteiger partial charge in [-0.15, -0.1) is 0 Å². The van der Waals surface area contributed by atoms with Gasteiger partial charge in [0.25, 0.3) is 0 Å². The average molecular weight is 368 g/mol. The normalized spacial score (nSPS) is 13.1. The highest BCUT2D eigenvalue weighted by atomic mass is 79.9. The summed E-state index contributed by atoms with van der Waals surface area (Å²) < 4.78 is 28.4. The van der Waals surface area contributed by atoms with E-state index >= 15 is 0 Å². The lowest BCUT2D eigenvalue weighted by atomic mass is 10.1. The Morgan fingerprint density at radius 2 is 1.81 bits per heavy atom. The molecule has 0 radical (unpaired) electrons. The smallest absolute Gasteiger partial charge is 0.208 e. The molecule has 0 saturated heterocycles. The van der Waals surface area contributed by atoms with Crippen molar-refractivity contribution >= 4 is 26.0 Å². The van der Waals surface area contributed by atoms with Gasteiger partial charge in [0.2, 0.25) is 10.0 Å². The molecule has 3 nitrogen and oxygen atoms in total. The van der Waals surface area contributed by atoms with Crippen molar-refractivity contribution in [2.24, 2.45) is 0 Å². The molecule has 0 saturated carbocycles. The van der Waals surface area contributed by atoms with E-state index in [-0.39, 0.29) is 6.04 Å². The van der Waals surface area contributed by atoms with Crippen LogP contribution >= 0.6 is 15.9 Å². The summed E-state index contributed by atoms with van der Waals surface area (Å²) in [5.74, 6) is 0. The maximum Gasteiger partial charge on any atom is 0.240 e. The number of sulfonamides is 1. The molecule has 21 heavy (non-hydrogen) atoms. The van der Waals surface area contributed by atoms with E-state index in [1.165, 1.54) is 0 Å². The molecular weight excluding hydrogens is 350 g/mol. The SMILES string of the molecule is Cc1cc(S(=O)(=O)NC(C)Cc2ccccc2)ccc1Br. The molecule has 0 bridgehead atoms. The molecule has 2 aromatic carbocycles. The summed E-state index contributed by atoms with van der Waals surface area (Å²) >= 11 is 3.38. The van der Waals surface area contributed by atoms with Gasteiger partial charge >= 0.3 is 0 Å². The quantitative estimate of drug-likeness (QED) is 0.876. The van der Waals surface area contributed by atoms with Crippen LogP contribution in [-0.2, 0) is 16.4 Å². The largest absolute Gasteiger partial charge is 0.240 e. The summed E-state index contributed by atoms with van der Waals surface area (Å²) in [6.45, 7) is 3.74. The zero-order valence-corrected chi connectivity index (χ0v) is 14.4. The minimum absolute atomic E-state index is 0.165. The second-order valence-corrected chi connectivity index (χ2v) is 7.69. The maximum atomic E-state index is 12.4. The molecule has 1 atom stereocenters. The predicted octanol–water partition coefficient (Wildman–Crippen LogP) is 3.67. The summed E-state index contributed by atoms with van der Waals surface area (Å²) in [5, 5.41) is 0. The third-order valence-electron chi connectivity index (χ3n) is 3.18. The first kappa shape index (κ1) is 16.2. The second kappa shape index (κ2) is 6.73. The highest BCUT2D eigenvalue weighted by Crippen LogP contribution is 2.20. The molecule has 1 N–H and O–H groups in total. The molecule has 0 aromatic heterocycles. The lowest BCUT2D eigenvalue weighted by Gasteiger charge is -2.15. The van der Waals surface area contributed by atoms with Crippen molar-refractivity contribution < 1.29 is 8.42 Å². The van der Waals surface area contributed by atoms with Crippen LogP contribution in [0.25, 0.3) is 0 Å². The summed E-state index contributed by atoms with van der Waals surface area (Å²) in [4.78, 5) is 0.295. The Morgan fingerprint density at radius 1 is 1.14 bits per heavy atom. The van der Waals surface area contributed by atoms with Crippen LogP contribution in [0, 0.1) is 6.92 Å². The van der Waals surface area contributed by atoms with Crippen molar-refractivity contribution in [2.45, 2.75) is 31.2 Å². The molecule has 0 aliphatic carbocycles. The minimum atomic E-state index is -3.49. The van der Waals surface area contributed by atoms with E-state index < -0.39 is 10.0 Å². The number of hydrogen-bond acceptors (Lipinski definition) is 2. The van der Waals surface area contributed by atoms with Gasteiger partial charge in [0, 0.05) is 10.5 Å². The van der Waals surface area contributed by atoms with Crippen molar-refractivity contribution in [2.75, 3.05) is 0 Å². The average Bonchev–Trinajstić information content (AvgIpc) is 2.42. The summed E-state index contributed by atoms with van der Waals surface area (Å²) in [7, 11) is -3.49. The van der Waals surface area contributed by atoms with Gasteiger partial charge in [-0.2, -0.15) is 0 Å². The monoisotopic (exact) mass is 367 g/mol. The fourth-order valence-electron chi connectivity index (χ4n) is 2.13. The number of rotatable bonds is 5. The van der Waals surface area contributed by atoms with E-state index in [2.05, 4.69) is 20.7 Å². The van der Waals surface area contributed by atoms with Crippen molar-refractivity contribution in [1.82, 2.24) is 4.72 Å². The summed E-state index contributed by atoms with van der Waals surface area (Å²) in [6.07, 6.45) is 0.662. The fraction of sp³-hybridized carbons (Fsp3) is 0.250. The Hall–Kier alpha value is -1.17. The predicted molar refractivity (Wildman–Crippen MR) is 88.8 cm³/mol. The minimum Gasteiger partial charge on any atom is -0.208 e. The highest BCUT2D eigenvalue weighted by Gasteiger charge is 2.18. The number of benzene rings is 2. The zero-order chi connectivity index (χ0) is 15.5. The third kappa shape index (κ3) is 4.40. The van der Waals surface area contributed by atoms with Gasteiger partial charge in [-0.05, 0) is 49.6 Å². The Kier molecular flexibility index (Phi) is 5.19. The molecule has 0 fully saturated rings. The van der Waals surface area contributed by atoms with E-state index in [1.807, 2.05) is 44.2 Å². The molecular formula is C16H18BrNO2S. The van der Waals surface area contributed by atoms with Crippen LogP contribution in [0.3, 0.4) is 0 Å². The fourth-order valence-corrected chi connectivity index (χ4v) is 3.70. The molecule has 0 spiro atoms. The highest BCUT2D eigenvalue weighted by molar-refractivity contribution is 9.10. The van der Waals surface area contributed by atoms with Gasteiger partial charge in [0.1, 0.15) is 0 Å². The van der Waals surface area contributed by atoms with Crippen molar-refractivity contribution in [3.8, 4) is 0 Å². The Bertz CT molecular complexity index is 714. The summed E-state index contributed by atoms with van der Waals surface area (Å²) in [6, 6.07) is 14.7. The summed E-state index contributed by atoms with van der Waals surface area (Å²) in [5.41, 5.74) is 2.01. The van der Waals surface area contributed by atoms with Gasteiger partial charge in [-0.25, -0.2) is 13.1 Å². The molecule has 0 aliphatic heterocycles. The van der Waals surface area contributed by atoms with Crippen LogP contribution in [0.15, 0.2) is 57.9 Å². The number of aryl methyl sites for hydroxylation is 1. The van der Waals surface area contributed by atoms with Gasteiger partial charge in [-0.3, -0.25) is 0 Å². The van der Waals surface area contributed by atoms with Gasteiger partial charge < -0.3 is 0 Å². The number of halogens is 1. The first-order valence-corrected chi connectivity index (χ1v) is 8.98. The van der Waals surface area contributed by atoms with Crippen molar-refractivity contribution in [1.29, 1.82) is 0 Å². The lowest BCUT2D eigenvalue weighted by molar-refractivity contribution is 0.559. The first-order valence-electron chi connectivity index (χ1n) is 6.71. The number of hydrogen-bond donors (Lipinski definition) is 1. The van der Waals surface area contributed by atoms with Crippen LogP contribution in [0.4, 0.5) is 0 Å². The molecule has 1 unspecified atom stereocenters. The van der Waals surface area contributed by atoms with Crippen LogP contribution in [0.5, 0.6) is 0 Å². The first-order chi connectivity index (χ1) is 9.88. The van der Waals surface area contributed by atoms with Crippen molar-refractivity contribution in [3.63, 3.8) is 0 Å². The zero-order valence-electron chi connectivity index (χ0n) is 12.0. The van der Waals surface area contributed by atoms with Gasteiger partial charge in [0.05, 0.1) is 4.90 Å². The van der Waals surface area contributed by atoms with Crippen LogP contribution in [0.1, 0.15) is 18.1 Å². The van der Waals surface area contributed by atoms with Gasteiger partial charge in [-0.1, -0.05) is 46.3 Å². The molecule has 0 amide bonds. The molecule has 2 aromatic rings.